The predicted molar refractivity (Wildman–Crippen MR) is 197 cm³/mol. The van der Waals surface area contributed by atoms with Gasteiger partial charge in [0.15, 0.2) is 5.82 Å². The minimum atomic E-state index is -0.895. The Kier molecular flexibility index (Phi) is 9.23. The monoisotopic (exact) mass is 724 g/mol. The quantitative estimate of drug-likeness (QED) is 0.157. The summed E-state index contributed by atoms with van der Waals surface area (Å²) in [5.74, 6) is 0.685. The third-order valence-corrected chi connectivity index (χ3v) is 11.7. The Balaban J connectivity index is 1.43. The van der Waals surface area contributed by atoms with Crippen LogP contribution < -0.4 is 9.64 Å². The zero-order chi connectivity index (χ0) is 36.9. The zero-order valence-corrected chi connectivity index (χ0v) is 29.9. The molecule has 0 bridgehead atoms. The van der Waals surface area contributed by atoms with Crippen molar-refractivity contribution in [1.29, 1.82) is 5.26 Å². The number of carbonyl (C=O) groups excluding carboxylic acids is 1. The van der Waals surface area contributed by atoms with Gasteiger partial charge in [0.2, 0.25) is 5.91 Å². The van der Waals surface area contributed by atoms with Gasteiger partial charge in [-0.2, -0.15) is 15.2 Å². The minimum Gasteiger partial charge on any atom is -0.508 e. The number of aromatic nitrogens is 2. The van der Waals surface area contributed by atoms with E-state index < -0.39 is 23.1 Å². The summed E-state index contributed by atoms with van der Waals surface area (Å²) in [7, 11) is 1.64. The second kappa shape index (κ2) is 13.5. The lowest BCUT2D eigenvalue weighted by Crippen LogP contribution is -2.51. The van der Waals surface area contributed by atoms with Crippen molar-refractivity contribution >= 4 is 45.0 Å². The Morgan fingerprint density at radius 1 is 1.19 bits per heavy atom. The van der Waals surface area contributed by atoms with Gasteiger partial charge < -0.3 is 19.6 Å². The summed E-state index contributed by atoms with van der Waals surface area (Å²) in [5.41, 5.74) is -1.25. The number of amides is 1. The number of hydrogen-bond donors (Lipinski definition) is 1. The maximum absolute atomic E-state index is 17.3. The maximum Gasteiger partial charge on any atom is 0.319 e. The van der Waals surface area contributed by atoms with Gasteiger partial charge in [-0.3, -0.25) is 9.69 Å². The highest BCUT2D eigenvalue weighted by molar-refractivity contribution is 6.35. The fourth-order valence-corrected chi connectivity index (χ4v) is 8.90. The van der Waals surface area contributed by atoms with Gasteiger partial charge in [-0.15, -0.1) is 6.42 Å². The Hall–Kier alpha value is -4.97. The van der Waals surface area contributed by atoms with Gasteiger partial charge in [-0.1, -0.05) is 30.2 Å². The fraction of sp³-hybridized carbons (Fsp3) is 0.400. The van der Waals surface area contributed by atoms with E-state index >= 15 is 8.78 Å². The number of phenols is 1. The smallest absolute Gasteiger partial charge is 0.319 e. The molecule has 52 heavy (non-hydrogen) atoms. The van der Waals surface area contributed by atoms with Gasteiger partial charge in [0, 0.05) is 36.5 Å². The molecule has 0 aliphatic carbocycles. The highest BCUT2D eigenvalue weighted by Crippen LogP contribution is 2.45. The number of hydrogen-bond acceptors (Lipinski definition) is 8. The number of fused-ring (bicyclic) bond motifs is 3. The number of phenolic OH excluding ortho intramolecular Hbond substituents is 1. The van der Waals surface area contributed by atoms with Gasteiger partial charge >= 0.3 is 6.01 Å². The van der Waals surface area contributed by atoms with Gasteiger partial charge in [-0.05, 0) is 99.8 Å². The molecule has 1 amide bonds. The number of rotatable bonds is 7. The molecular weight excluding hydrogens is 686 g/mol. The molecule has 3 fully saturated rings. The number of anilines is 1. The molecule has 0 saturated carbocycles. The third-order valence-electron chi connectivity index (χ3n) is 11.4. The van der Waals surface area contributed by atoms with E-state index in [9.17, 15) is 15.2 Å². The average molecular weight is 725 g/mol. The number of nitrogens with zero attached hydrogens (tertiary/aromatic N) is 6. The predicted octanol–water partition coefficient (Wildman–Crippen LogP) is 7.22. The SMILES string of the molecule is C#Cc1c(F)ccc2cc(O)cc(-c3c(Cl)cc4c(N5CCCC(C)(C#N)C(N(C)C(=O)C=C)C5)nc(OCC56CCCN5CCC6)nc4c3F)c12. The molecule has 7 rings (SSSR count). The van der Waals surface area contributed by atoms with Crippen molar-refractivity contribution in [1.82, 2.24) is 19.8 Å². The first kappa shape index (κ1) is 35.4. The van der Waals surface area contributed by atoms with Crippen LogP contribution in [-0.4, -0.2) is 82.2 Å². The highest BCUT2D eigenvalue weighted by Gasteiger charge is 2.45. The minimum absolute atomic E-state index is 0.0294. The number of benzene rings is 3. The van der Waals surface area contributed by atoms with Crippen LogP contribution in [0.25, 0.3) is 32.8 Å². The summed E-state index contributed by atoms with van der Waals surface area (Å²) in [5, 5.41) is 21.9. The van der Waals surface area contributed by atoms with E-state index in [4.69, 9.17) is 27.7 Å². The molecule has 3 aromatic carbocycles. The molecule has 0 radical (unpaired) electrons. The van der Waals surface area contributed by atoms with E-state index in [-0.39, 0.29) is 67.8 Å². The molecule has 268 valence electrons. The summed E-state index contributed by atoms with van der Waals surface area (Å²) in [6.07, 6.45) is 12.1. The van der Waals surface area contributed by atoms with E-state index in [1.807, 2.05) is 11.8 Å². The van der Waals surface area contributed by atoms with Crippen LogP contribution in [0, 0.1) is 40.7 Å². The molecule has 2 atom stereocenters. The summed E-state index contributed by atoms with van der Waals surface area (Å²) >= 11 is 6.94. The topological polar surface area (TPSA) is 106 Å². The third kappa shape index (κ3) is 5.86. The fourth-order valence-electron chi connectivity index (χ4n) is 8.61. The Bertz CT molecular complexity index is 2210. The molecule has 3 aliphatic heterocycles. The molecule has 2 unspecified atom stereocenters. The number of likely N-dealkylation sites (N-methyl/N-ethyl adjacent to an activating group) is 1. The lowest BCUT2D eigenvalue weighted by molar-refractivity contribution is -0.128. The van der Waals surface area contributed by atoms with Crippen molar-refractivity contribution < 1.29 is 23.4 Å². The highest BCUT2D eigenvalue weighted by atomic mass is 35.5. The summed E-state index contributed by atoms with van der Waals surface area (Å²) < 4.78 is 38.7. The van der Waals surface area contributed by atoms with Gasteiger partial charge in [0.05, 0.1) is 33.7 Å². The number of terminal acetylenes is 1. The van der Waals surface area contributed by atoms with Gasteiger partial charge in [-0.25, -0.2) is 8.78 Å². The van der Waals surface area contributed by atoms with Crippen LogP contribution in [-0.2, 0) is 4.79 Å². The normalized spacial score (nSPS) is 21.4. The van der Waals surface area contributed by atoms with E-state index in [1.165, 1.54) is 35.2 Å². The van der Waals surface area contributed by atoms with Crippen molar-refractivity contribution in [3.8, 4) is 41.3 Å². The molecule has 4 heterocycles. The van der Waals surface area contributed by atoms with E-state index in [2.05, 4.69) is 28.5 Å². The molecule has 12 heteroatoms. The second-order valence-electron chi connectivity index (χ2n) is 14.4. The van der Waals surface area contributed by atoms with E-state index in [0.717, 1.165) is 38.8 Å². The molecule has 4 aromatic rings. The lowest BCUT2D eigenvalue weighted by Gasteiger charge is -2.38. The Morgan fingerprint density at radius 2 is 1.92 bits per heavy atom. The number of carbonyl (C=O) groups is 1. The number of aromatic hydroxyl groups is 1. The number of halogens is 3. The lowest BCUT2D eigenvalue weighted by atomic mass is 9.79. The van der Waals surface area contributed by atoms with Crippen molar-refractivity contribution in [2.75, 3.05) is 44.7 Å². The summed E-state index contributed by atoms with van der Waals surface area (Å²) in [4.78, 5) is 28.3. The number of nitriles is 1. The average Bonchev–Trinajstić information content (AvgIpc) is 3.67. The van der Waals surface area contributed by atoms with Crippen LogP contribution in [0.5, 0.6) is 11.8 Å². The first-order chi connectivity index (χ1) is 24.9. The largest absolute Gasteiger partial charge is 0.508 e. The van der Waals surface area contributed by atoms with Gasteiger partial charge in [0.25, 0.3) is 0 Å². The van der Waals surface area contributed by atoms with Crippen molar-refractivity contribution in [2.24, 2.45) is 5.41 Å². The molecule has 3 aliphatic rings. The van der Waals surface area contributed by atoms with Crippen LogP contribution in [0.1, 0.15) is 51.0 Å². The molecular formula is C40H39ClF2N6O3. The molecule has 9 nitrogen and oxygen atoms in total. The van der Waals surface area contributed by atoms with Crippen LogP contribution >= 0.6 is 11.6 Å². The number of ether oxygens (including phenoxy) is 1. The Morgan fingerprint density at radius 3 is 2.62 bits per heavy atom. The van der Waals surface area contributed by atoms with Gasteiger partial charge in [0.1, 0.15) is 29.5 Å². The van der Waals surface area contributed by atoms with Crippen LogP contribution in [0.2, 0.25) is 5.02 Å². The van der Waals surface area contributed by atoms with Crippen LogP contribution in [0.15, 0.2) is 43.0 Å². The molecule has 0 spiro atoms. The standard InChI is InChI=1S/C40H39ClF2N6O3/c1-5-26-30(42)11-10-24-18-25(50)19-27(33(24)26)34-29(41)20-28-36(35(34)43)45-38(52-23-40-13-8-16-49(40)17-9-14-40)46-37(28)48-15-7-12-39(3,22-44)31(21-48)47(4)32(51)6-2/h1,6,10-11,18-20,31,50H,2,7-9,12-17,21,23H2,3-4H3. The second-order valence-corrected chi connectivity index (χ2v) is 14.8. The molecule has 1 aromatic heterocycles. The van der Waals surface area contributed by atoms with E-state index in [1.54, 1.807) is 13.1 Å². The first-order valence-corrected chi connectivity index (χ1v) is 17.9. The van der Waals surface area contributed by atoms with E-state index in [0.29, 0.717) is 37.2 Å². The molecule has 1 N–H and O–H groups in total. The summed E-state index contributed by atoms with van der Waals surface area (Å²) in [6, 6.07) is 8.78. The van der Waals surface area contributed by atoms with Crippen molar-refractivity contribution in [3.05, 3.63) is 65.2 Å². The molecule has 3 saturated heterocycles. The Labute approximate surface area is 306 Å². The first-order valence-electron chi connectivity index (χ1n) is 17.5. The maximum atomic E-state index is 17.3. The van der Waals surface area contributed by atoms with Crippen LogP contribution in [0.4, 0.5) is 14.6 Å². The zero-order valence-electron chi connectivity index (χ0n) is 29.2. The van der Waals surface area contributed by atoms with Crippen molar-refractivity contribution in [2.45, 2.75) is 57.0 Å². The van der Waals surface area contributed by atoms with Crippen molar-refractivity contribution in [3.63, 3.8) is 0 Å². The van der Waals surface area contributed by atoms with Crippen LogP contribution in [0.3, 0.4) is 0 Å². The summed E-state index contributed by atoms with van der Waals surface area (Å²) in [6.45, 7) is 8.43.